The molecule has 2 atom stereocenters. The number of benzene rings is 5. The molecule has 2 N–H and O–H groups in total. The van der Waals surface area contributed by atoms with Crippen molar-refractivity contribution >= 4 is 59.2 Å². The maximum atomic E-state index is 14.8. The Bertz CT molecular complexity index is 2030. The Balaban J connectivity index is 0.00000451. The van der Waals surface area contributed by atoms with Gasteiger partial charge in [-0.3, -0.25) is 0 Å². The molecule has 5 nitrogen and oxygen atoms in total. The molecule has 0 spiro atoms. The van der Waals surface area contributed by atoms with Gasteiger partial charge < -0.3 is 4.55 Å². The Morgan fingerprint density at radius 2 is 1.27 bits per heavy atom. The molecule has 246 valence electrons. The zero-order valence-corrected chi connectivity index (χ0v) is 29.3. The molecule has 6 rings (SSSR count). The monoisotopic (exact) mass is 692 g/mol. The average molecular weight is 693 g/mol. The Labute approximate surface area is 290 Å². The Morgan fingerprint density at radius 3 is 1.81 bits per heavy atom. The van der Waals surface area contributed by atoms with E-state index in [1.54, 1.807) is 28.2 Å². The normalized spacial score (nSPS) is 13.3. The van der Waals surface area contributed by atoms with Gasteiger partial charge in [0.2, 0.25) is 0 Å². The van der Waals surface area contributed by atoms with Crippen LogP contribution in [0.15, 0.2) is 144 Å². The van der Waals surface area contributed by atoms with Gasteiger partial charge in [0.1, 0.15) is 4.75 Å². The van der Waals surface area contributed by atoms with Crippen molar-refractivity contribution in [3.8, 4) is 0 Å². The van der Waals surface area contributed by atoms with Crippen LogP contribution in [0.2, 0.25) is 0 Å². The number of fused-ring (bicyclic) bond motifs is 1. The third-order valence-electron chi connectivity index (χ3n) is 8.96. The Morgan fingerprint density at radius 1 is 0.771 bits per heavy atom. The summed E-state index contributed by atoms with van der Waals surface area (Å²) in [5, 5.41) is 9.41. The van der Waals surface area contributed by atoms with E-state index in [4.69, 9.17) is 5.14 Å². The highest BCUT2D eigenvalue weighted by molar-refractivity contribution is 7.90. The SMILES string of the molecule is B.Cc1ccc(CC(c2c(CP(c3ccccc3)c3ccccc3)n(S(=O)(=O)c3ccccc3)c3ccccc23)C(C)(C)[S+](N)[O-])cc1. The first-order valence-electron chi connectivity index (χ1n) is 15.6. The van der Waals surface area contributed by atoms with Crippen LogP contribution in [0.5, 0.6) is 0 Å². The molecule has 5 aromatic carbocycles. The van der Waals surface area contributed by atoms with Crippen molar-refractivity contribution in [3.05, 3.63) is 162 Å². The summed E-state index contributed by atoms with van der Waals surface area (Å²) in [6, 6.07) is 45.3. The molecule has 9 heteroatoms. The molecule has 0 aliphatic rings. The van der Waals surface area contributed by atoms with Gasteiger partial charge in [-0.1, -0.05) is 127 Å². The quantitative estimate of drug-likeness (QED) is 0.0973. The number of aromatic nitrogens is 1. The Kier molecular flexibility index (Phi) is 11.0. The molecule has 6 aromatic rings. The fourth-order valence-corrected chi connectivity index (χ4v) is 10.8. The standard InChI is InChI=1S/C39H39N2O3PS2.BH3/c1-29-23-25-30(26-24-29)27-35(39(2,3)46(40)42)38-34-21-13-14-22-36(34)41(47(43,44)33-19-11-6-12-20-33)37(38)28-45(31-15-7-4-8-16-31)32-17-9-5-10-18-32;/h4-26,35H,27-28,40H2,1-3H3;1H3. The molecule has 0 radical (unpaired) electrons. The van der Waals surface area contributed by atoms with Gasteiger partial charge in [-0.05, 0) is 75.0 Å². The Hall–Kier alpha value is -3.65. The number of rotatable bonds is 11. The van der Waals surface area contributed by atoms with E-state index in [-0.39, 0.29) is 19.2 Å². The maximum Gasteiger partial charge on any atom is 0.268 e. The van der Waals surface area contributed by atoms with Crippen LogP contribution in [0.25, 0.3) is 10.9 Å². The summed E-state index contributed by atoms with van der Waals surface area (Å²) in [5.41, 5.74) is 4.40. The number of hydrogen-bond donors (Lipinski definition) is 1. The molecule has 0 fully saturated rings. The minimum absolute atomic E-state index is 0. The van der Waals surface area contributed by atoms with Gasteiger partial charge in [-0.2, -0.15) is 5.14 Å². The highest BCUT2D eigenvalue weighted by Gasteiger charge is 2.44. The molecule has 0 saturated carbocycles. The molecular weight excluding hydrogens is 650 g/mol. The fourth-order valence-electron chi connectivity index (χ4n) is 6.29. The molecule has 0 saturated heterocycles. The van der Waals surface area contributed by atoms with E-state index in [2.05, 4.69) is 55.5 Å². The van der Waals surface area contributed by atoms with Crippen LogP contribution >= 0.6 is 7.92 Å². The third-order valence-corrected chi connectivity index (χ3v) is 14.5. The lowest BCUT2D eigenvalue weighted by Gasteiger charge is -2.34. The topological polar surface area (TPSA) is 88.2 Å². The summed E-state index contributed by atoms with van der Waals surface area (Å²) in [7, 11) is -5.09. The van der Waals surface area contributed by atoms with Crippen molar-refractivity contribution in [2.45, 2.75) is 48.9 Å². The summed E-state index contributed by atoms with van der Waals surface area (Å²) in [6.07, 6.45) is 0.994. The lowest BCUT2D eigenvalue weighted by Crippen LogP contribution is -2.44. The highest BCUT2D eigenvalue weighted by atomic mass is 32.2. The minimum Gasteiger partial charge on any atom is -0.598 e. The van der Waals surface area contributed by atoms with Crippen LogP contribution in [-0.2, 0) is 34.0 Å². The number of hydrogen-bond acceptors (Lipinski definition) is 4. The van der Waals surface area contributed by atoms with Crippen LogP contribution in [0.1, 0.15) is 42.1 Å². The van der Waals surface area contributed by atoms with Gasteiger partial charge in [0, 0.05) is 34.5 Å². The van der Waals surface area contributed by atoms with E-state index in [0.717, 1.165) is 32.7 Å². The van der Waals surface area contributed by atoms with Gasteiger partial charge >= 0.3 is 0 Å². The summed E-state index contributed by atoms with van der Waals surface area (Å²) < 4.78 is 43.7. The van der Waals surface area contributed by atoms with Crippen LogP contribution in [0.3, 0.4) is 0 Å². The largest absolute Gasteiger partial charge is 0.598 e. The predicted molar refractivity (Wildman–Crippen MR) is 208 cm³/mol. The van der Waals surface area contributed by atoms with E-state index in [0.29, 0.717) is 23.8 Å². The molecule has 0 aliphatic heterocycles. The van der Waals surface area contributed by atoms with Crippen molar-refractivity contribution in [3.63, 3.8) is 0 Å². The second kappa shape index (κ2) is 14.9. The first-order chi connectivity index (χ1) is 22.6. The molecule has 0 bridgehead atoms. The van der Waals surface area contributed by atoms with Crippen LogP contribution < -0.4 is 15.7 Å². The molecule has 48 heavy (non-hydrogen) atoms. The van der Waals surface area contributed by atoms with E-state index < -0.39 is 34.1 Å². The van der Waals surface area contributed by atoms with Gasteiger partial charge in [0.25, 0.3) is 10.0 Å². The highest BCUT2D eigenvalue weighted by Crippen LogP contribution is 2.48. The lowest BCUT2D eigenvalue weighted by atomic mass is 9.81. The van der Waals surface area contributed by atoms with Crippen molar-refractivity contribution in [1.82, 2.24) is 3.97 Å². The van der Waals surface area contributed by atoms with Crippen LogP contribution in [0.4, 0.5) is 0 Å². The molecule has 1 aromatic heterocycles. The number of para-hydroxylation sites is 1. The smallest absolute Gasteiger partial charge is 0.268 e. The molecular formula is C39H42BN2O3PS2. The second-order valence-corrected chi connectivity index (χ2v) is 18.0. The zero-order valence-electron chi connectivity index (χ0n) is 26.8. The van der Waals surface area contributed by atoms with Crippen LogP contribution in [0, 0.1) is 6.92 Å². The average Bonchev–Trinajstić information content (AvgIpc) is 3.42. The second-order valence-electron chi connectivity index (χ2n) is 12.4. The number of nitrogens with zero attached hydrogens (tertiary/aromatic N) is 1. The third kappa shape index (κ3) is 7.05. The molecule has 2 unspecified atom stereocenters. The zero-order chi connectivity index (χ0) is 33.2. The van der Waals surface area contributed by atoms with Crippen molar-refractivity contribution in [1.29, 1.82) is 0 Å². The van der Waals surface area contributed by atoms with Gasteiger partial charge in [0.15, 0.2) is 0 Å². The lowest BCUT2D eigenvalue weighted by molar-refractivity contribution is 0.481. The van der Waals surface area contributed by atoms with E-state index in [1.807, 2.05) is 80.6 Å². The van der Waals surface area contributed by atoms with Gasteiger partial charge in [-0.15, -0.1) is 0 Å². The molecule has 0 aliphatic carbocycles. The minimum atomic E-state index is -4.04. The number of aryl methyl sites for hydroxylation is 1. The summed E-state index contributed by atoms with van der Waals surface area (Å²) in [4.78, 5) is 0.217. The van der Waals surface area contributed by atoms with Gasteiger partial charge in [-0.25, -0.2) is 12.4 Å². The summed E-state index contributed by atoms with van der Waals surface area (Å²) in [5.74, 6) is -0.369. The van der Waals surface area contributed by atoms with Gasteiger partial charge in [0.05, 0.1) is 18.8 Å². The first kappa shape index (κ1) is 35.7. The first-order valence-corrected chi connectivity index (χ1v) is 19.8. The van der Waals surface area contributed by atoms with Crippen molar-refractivity contribution < 1.29 is 13.0 Å². The summed E-state index contributed by atoms with van der Waals surface area (Å²) >= 11 is -1.72. The fraction of sp³-hybridized carbons (Fsp3) is 0.179. The van der Waals surface area contributed by atoms with Crippen molar-refractivity contribution in [2.24, 2.45) is 5.14 Å². The van der Waals surface area contributed by atoms with Crippen molar-refractivity contribution in [2.75, 3.05) is 0 Å². The molecule has 0 amide bonds. The summed E-state index contributed by atoms with van der Waals surface area (Å²) in [6.45, 7) is 5.91. The molecule has 1 heterocycles. The van der Waals surface area contributed by atoms with E-state index in [1.165, 1.54) is 0 Å². The number of nitrogens with two attached hydrogens (primary N) is 1. The van der Waals surface area contributed by atoms with Crippen LogP contribution in [-0.4, -0.2) is 30.1 Å². The van der Waals surface area contributed by atoms with E-state index >= 15 is 0 Å². The predicted octanol–water partition coefficient (Wildman–Crippen LogP) is 6.36. The van der Waals surface area contributed by atoms with E-state index in [9.17, 15) is 13.0 Å². The maximum absolute atomic E-state index is 14.8.